The number of carbonyl (C=O) groups excluding carboxylic acids is 1. The average Bonchev–Trinajstić information content (AvgIpc) is 2.87. The Morgan fingerprint density at radius 3 is 2.55 bits per heavy atom. The lowest BCUT2D eigenvalue weighted by molar-refractivity contribution is 0.0921. The average molecular weight is 565 g/mol. The first-order valence-electron chi connectivity index (χ1n) is 13.1. The molecule has 0 heterocycles. The number of amidine groups is 1. The molecule has 0 saturated heterocycles. The van der Waals surface area contributed by atoms with Crippen molar-refractivity contribution in [3.63, 3.8) is 0 Å². The van der Waals surface area contributed by atoms with Crippen LogP contribution in [0.15, 0.2) is 35.3 Å². The molecule has 2 aromatic rings. The summed E-state index contributed by atoms with van der Waals surface area (Å²) in [6, 6.07) is 8.56. The van der Waals surface area contributed by atoms with E-state index in [1.54, 1.807) is 0 Å². The third-order valence-electron chi connectivity index (χ3n) is 6.95. The second-order valence-corrected chi connectivity index (χ2v) is 10.9. The molecule has 3 unspecified atom stereocenters. The molecule has 9 heteroatoms. The fourth-order valence-corrected chi connectivity index (χ4v) is 5.12. The van der Waals surface area contributed by atoms with Crippen LogP contribution < -0.4 is 15.8 Å². The van der Waals surface area contributed by atoms with Crippen molar-refractivity contribution in [2.45, 2.75) is 72.5 Å². The Labute approximate surface area is 236 Å². The predicted octanol–water partition coefficient (Wildman–Crippen LogP) is 6.52. The number of benzene rings is 2. The first-order valence-corrected chi connectivity index (χ1v) is 14.7. The molecule has 3 N–H and O–H groups in total. The summed E-state index contributed by atoms with van der Waals surface area (Å²) in [4.78, 5) is 19.4. The Morgan fingerprint density at radius 1 is 1.21 bits per heavy atom. The predicted molar refractivity (Wildman–Crippen MR) is 159 cm³/mol. The molecule has 1 amide bonds. The maximum Gasteiger partial charge on any atom is 0.251 e. The van der Waals surface area contributed by atoms with Crippen molar-refractivity contribution in [3.8, 4) is 5.75 Å². The first kappa shape index (κ1) is 31.9. The minimum absolute atomic E-state index is 0.0581. The van der Waals surface area contributed by atoms with Gasteiger partial charge in [-0.05, 0) is 94.8 Å². The van der Waals surface area contributed by atoms with Crippen LogP contribution in [0, 0.1) is 19.7 Å². The van der Waals surface area contributed by atoms with Crippen molar-refractivity contribution >= 4 is 34.4 Å². The molecule has 2 aromatic carbocycles. The van der Waals surface area contributed by atoms with Crippen LogP contribution in [-0.4, -0.2) is 54.0 Å². The minimum Gasteiger partial charge on any atom is -0.493 e. The fraction of sp³-hybridized carbons (Fsp3) is 0.517. The molecular weight excluding hydrogens is 523 g/mol. The number of rotatable bonds is 13. The molecule has 6 nitrogen and oxygen atoms in total. The largest absolute Gasteiger partial charge is 0.493 e. The van der Waals surface area contributed by atoms with Crippen LogP contribution in [0.2, 0.25) is 5.02 Å². The molecule has 0 radical (unpaired) electrons. The second-order valence-electron chi connectivity index (χ2n) is 9.62. The van der Waals surface area contributed by atoms with Gasteiger partial charge in [-0.2, -0.15) is 0 Å². The lowest BCUT2D eigenvalue weighted by atomic mass is 9.95. The van der Waals surface area contributed by atoms with Gasteiger partial charge in [0, 0.05) is 36.7 Å². The van der Waals surface area contributed by atoms with Gasteiger partial charge in [0.25, 0.3) is 5.91 Å². The van der Waals surface area contributed by atoms with E-state index in [-0.39, 0.29) is 29.1 Å². The molecule has 0 spiro atoms. The lowest BCUT2D eigenvalue weighted by Crippen LogP contribution is -2.41. The zero-order valence-electron chi connectivity index (χ0n) is 23.6. The van der Waals surface area contributed by atoms with Crippen LogP contribution in [0.1, 0.15) is 73.6 Å². The number of hydrogen-bond acceptors (Lipinski definition) is 5. The number of hydrogen-bond donors (Lipinski definition) is 2. The van der Waals surface area contributed by atoms with Crippen LogP contribution in [0.25, 0.3) is 0 Å². The van der Waals surface area contributed by atoms with E-state index < -0.39 is 5.82 Å². The summed E-state index contributed by atoms with van der Waals surface area (Å²) in [6.45, 7) is 14.9. The van der Waals surface area contributed by atoms with Crippen LogP contribution in [0.3, 0.4) is 0 Å². The minimum atomic E-state index is -0.537. The van der Waals surface area contributed by atoms with Crippen molar-refractivity contribution in [2.24, 2.45) is 10.7 Å². The third-order valence-corrected chi connectivity index (χ3v) is 7.79. The van der Waals surface area contributed by atoms with Gasteiger partial charge < -0.3 is 15.8 Å². The molecule has 3 atom stereocenters. The van der Waals surface area contributed by atoms with Crippen LogP contribution in [0.5, 0.6) is 5.75 Å². The molecule has 0 fully saturated rings. The SMILES string of the molecule is CCN(C(C)CC(C)NC(=O)c1ccc(F)c(Cl)c1)C(C)c1ccc(OCCCN=C(N)SC)c(C)c1C. The zero-order valence-corrected chi connectivity index (χ0v) is 25.2. The molecule has 0 aliphatic rings. The van der Waals surface area contributed by atoms with Gasteiger partial charge in [-0.1, -0.05) is 36.4 Å². The second kappa shape index (κ2) is 15.3. The summed E-state index contributed by atoms with van der Waals surface area (Å²) in [5.74, 6) is 0.0995. The lowest BCUT2D eigenvalue weighted by Gasteiger charge is -2.36. The zero-order chi connectivity index (χ0) is 28.4. The Hall–Kier alpha value is -2.29. The fourth-order valence-electron chi connectivity index (χ4n) is 4.72. The van der Waals surface area contributed by atoms with Gasteiger partial charge >= 0.3 is 0 Å². The molecular formula is C29H42ClFN4O2S. The maximum absolute atomic E-state index is 13.4. The Bertz CT molecular complexity index is 1110. The van der Waals surface area contributed by atoms with Gasteiger partial charge in [0.2, 0.25) is 0 Å². The summed E-state index contributed by atoms with van der Waals surface area (Å²) >= 11 is 7.29. The standard InChI is InChI=1S/C29H42ClFN4O2S/c1-8-35(19(3)16-18(2)34-28(36)23-10-12-26(31)25(30)17-23)22(6)24-11-13-27(21(5)20(24)4)37-15-9-14-33-29(32)38-7/h10-13,17-19,22H,8-9,14-16H2,1-7H3,(H2,32,33)(H,34,36). The van der Waals surface area contributed by atoms with Crippen molar-refractivity contribution in [3.05, 3.63) is 63.4 Å². The molecule has 0 saturated carbocycles. The normalized spacial score (nSPS) is 14.3. The number of carbonyl (C=O) groups is 1. The van der Waals surface area contributed by atoms with Crippen LogP contribution >= 0.6 is 23.4 Å². The van der Waals surface area contributed by atoms with Gasteiger partial charge in [-0.3, -0.25) is 14.7 Å². The number of aliphatic imine (C=N–C) groups is 1. The maximum atomic E-state index is 13.4. The van der Waals surface area contributed by atoms with E-state index in [0.717, 1.165) is 30.7 Å². The number of nitrogens with zero attached hydrogens (tertiary/aromatic N) is 2. The van der Waals surface area contributed by atoms with Crippen molar-refractivity contribution in [1.29, 1.82) is 0 Å². The number of ether oxygens (including phenoxy) is 1. The van der Waals surface area contributed by atoms with E-state index in [4.69, 9.17) is 22.1 Å². The highest BCUT2D eigenvalue weighted by Gasteiger charge is 2.24. The Morgan fingerprint density at radius 2 is 1.92 bits per heavy atom. The first-order chi connectivity index (χ1) is 18.0. The topological polar surface area (TPSA) is 80.0 Å². The van der Waals surface area contributed by atoms with E-state index >= 15 is 0 Å². The monoisotopic (exact) mass is 564 g/mol. The van der Waals surface area contributed by atoms with Crippen molar-refractivity contribution < 1.29 is 13.9 Å². The molecule has 210 valence electrons. The molecule has 2 rings (SSSR count). The molecule has 0 aliphatic carbocycles. The highest BCUT2D eigenvalue weighted by molar-refractivity contribution is 8.13. The number of thioether (sulfide) groups is 1. The summed E-state index contributed by atoms with van der Waals surface area (Å²) in [5, 5.41) is 3.56. The van der Waals surface area contributed by atoms with E-state index in [9.17, 15) is 9.18 Å². The van der Waals surface area contributed by atoms with E-state index in [2.05, 4.69) is 62.0 Å². The Kier molecular flexibility index (Phi) is 12.9. The van der Waals surface area contributed by atoms with E-state index in [1.165, 1.54) is 41.1 Å². The number of amides is 1. The number of nitrogens with two attached hydrogens (primary N) is 1. The third kappa shape index (κ3) is 8.89. The van der Waals surface area contributed by atoms with Gasteiger partial charge in [0.05, 0.1) is 11.6 Å². The van der Waals surface area contributed by atoms with Gasteiger partial charge in [0.1, 0.15) is 11.6 Å². The quantitative estimate of drug-likeness (QED) is 0.164. The van der Waals surface area contributed by atoms with Crippen LogP contribution in [0.4, 0.5) is 4.39 Å². The molecule has 0 aromatic heterocycles. The molecule has 0 aliphatic heterocycles. The van der Waals surface area contributed by atoms with Crippen molar-refractivity contribution in [2.75, 3.05) is 26.0 Å². The van der Waals surface area contributed by atoms with E-state index in [1.807, 2.05) is 13.2 Å². The molecule has 38 heavy (non-hydrogen) atoms. The summed E-state index contributed by atoms with van der Waals surface area (Å²) in [5.41, 5.74) is 9.70. The highest BCUT2D eigenvalue weighted by Crippen LogP contribution is 2.32. The smallest absolute Gasteiger partial charge is 0.251 e. The van der Waals surface area contributed by atoms with Gasteiger partial charge in [-0.25, -0.2) is 4.39 Å². The number of halogens is 2. The highest BCUT2D eigenvalue weighted by atomic mass is 35.5. The number of nitrogens with one attached hydrogen (secondary N) is 1. The summed E-state index contributed by atoms with van der Waals surface area (Å²) < 4.78 is 19.5. The summed E-state index contributed by atoms with van der Waals surface area (Å²) in [7, 11) is 0. The summed E-state index contributed by atoms with van der Waals surface area (Å²) in [6.07, 6.45) is 3.49. The Balaban J connectivity index is 2.01. The van der Waals surface area contributed by atoms with Crippen LogP contribution in [-0.2, 0) is 0 Å². The van der Waals surface area contributed by atoms with Gasteiger partial charge in [0.15, 0.2) is 5.17 Å². The van der Waals surface area contributed by atoms with Crippen molar-refractivity contribution in [1.82, 2.24) is 10.2 Å². The molecule has 0 bridgehead atoms. The van der Waals surface area contributed by atoms with Gasteiger partial charge in [-0.15, -0.1) is 0 Å². The van der Waals surface area contributed by atoms with E-state index in [0.29, 0.717) is 23.9 Å².